The van der Waals surface area contributed by atoms with Gasteiger partial charge < -0.3 is 10.6 Å². The monoisotopic (exact) mass is 363 g/mol. The van der Waals surface area contributed by atoms with Crippen LogP contribution in [0, 0.1) is 10.1 Å². The molecule has 0 spiro atoms. The van der Waals surface area contributed by atoms with Gasteiger partial charge in [0.2, 0.25) is 0 Å². The van der Waals surface area contributed by atoms with E-state index in [1.165, 1.54) is 23.8 Å². The smallest absolute Gasteiger partial charge is 0.271 e. The van der Waals surface area contributed by atoms with E-state index in [0.29, 0.717) is 16.7 Å². The average Bonchev–Trinajstić information content (AvgIpc) is 2.56. The number of nitrogens with zero attached hydrogens (tertiary/aromatic N) is 1. The Labute approximate surface area is 151 Å². The number of hydrogen-bond acceptors (Lipinski definition) is 3. The number of nitro benzene ring substituents is 1. The van der Waals surface area contributed by atoms with Crippen molar-refractivity contribution in [1.29, 1.82) is 0 Å². The van der Waals surface area contributed by atoms with Gasteiger partial charge in [-0.05, 0) is 48.3 Å². The third kappa shape index (κ3) is 4.66. The van der Waals surface area contributed by atoms with E-state index < -0.39 is 4.92 Å². The molecule has 0 aliphatic heterocycles. The van der Waals surface area contributed by atoms with Gasteiger partial charge in [-0.2, -0.15) is 0 Å². The highest BCUT2D eigenvalue weighted by molar-refractivity contribution is 7.80. The Balaban J connectivity index is 2.02. The van der Waals surface area contributed by atoms with Crippen LogP contribution in [0.1, 0.15) is 31.7 Å². The van der Waals surface area contributed by atoms with Crippen molar-refractivity contribution < 1.29 is 4.92 Å². The van der Waals surface area contributed by atoms with Crippen LogP contribution in [-0.4, -0.2) is 10.0 Å². The fraction of sp³-hybridized carbons (Fsp3) is 0.235. The standard InChI is InChI=1S/C17H18ClN3O2S/c1-3-11(2)12-4-6-13(7-5-12)19-17(24)20-16-9-8-14(21(22)23)10-15(16)18/h4-11H,3H2,1-2H3,(H2,19,20,24). The molecule has 0 saturated heterocycles. The van der Waals surface area contributed by atoms with E-state index in [2.05, 4.69) is 36.6 Å². The van der Waals surface area contributed by atoms with Gasteiger partial charge in [0.15, 0.2) is 5.11 Å². The van der Waals surface area contributed by atoms with Crippen molar-refractivity contribution in [2.75, 3.05) is 10.6 Å². The van der Waals surface area contributed by atoms with Gasteiger partial charge in [0.1, 0.15) is 0 Å². The molecule has 1 unspecified atom stereocenters. The molecular weight excluding hydrogens is 346 g/mol. The van der Waals surface area contributed by atoms with Crippen LogP contribution in [-0.2, 0) is 0 Å². The second-order valence-corrected chi connectivity index (χ2v) is 6.25. The number of nitrogens with one attached hydrogen (secondary N) is 2. The summed E-state index contributed by atoms with van der Waals surface area (Å²) in [6.45, 7) is 4.34. The highest BCUT2D eigenvalue weighted by Crippen LogP contribution is 2.27. The van der Waals surface area contributed by atoms with Crippen LogP contribution in [0.5, 0.6) is 0 Å². The second kappa shape index (κ2) is 8.08. The van der Waals surface area contributed by atoms with Crippen LogP contribution in [0.4, 0.5) is 17.1 Å². The summed E-state index contributed by atoms with van der Waals surface area (Å²) in [5.74, 6) is 0.517. The molecule has 0 bridgehead atoms. The van der Waals surface area contributed by atoms with Gasteiger partial charge in [-0.3, -0.25) is 10.1 Å². The third-order valence-corrected chi connectivity index (χ3v) is 4.28. The largest absolute Gasteiger partial charge is 0.332 e. The summed E-state index contributed by atoms with van der Waals surface area (Å²) < 4.78 is 0. The first-order valence-corrected chi connectivity index (χ1v) is 8.31. The summed E-state index contributed by atoms with van der Waals surface area (Å²) in [4.78, 5) is 10.2. The molecule has 0 heterocycles. The van der Waals surface area contributed by atoms with E-state index >= 15 is 0 Å². The Bertz CT molecular complexity index is 750. The minimum Gasteiger partial charge on any atom is -0.332 e. The van der Waals surface area contributed by atoms with Crippen LogP contribution in [0.15, 0.2) is 42.5 Å². The molecule has 5 nitrogen and oxygen atoms in total. The number of thiocarbonyl (C=S) groups is 1. The van der Waals surface area contributed by atoms with Crippen LogP contribution < -0.4 is 10.6 Å². The van der Waals surface area contributed by atoms with Crippen molar-refractivity contribution in [3.63, 3.8) is 0 Å². The lowest BCUT2D eigenvalue weighted by atomic mass is 9.99. The first kappa shape index (κ1) is 18.2. The van der Waals surface area contributed by atoms with Gasteiger partial charge in [-0.25, -0.2) is 0 Å². The van der Waals surface area contributed by atoms with Crippen LogP contribution >= 0.6 is 23.8 Å². The van der Waals surface area contributed by atoms with E-state index in [4.69, 9.17) is 23.8 Å². The predicted octanol–water partition coefficient (Wildman–Crippen LogP) is 5.57. The number of benzene rings is 2. The Morgan fingerprint density at radius 2 is 1.92 bits per heavy atom. The molecule has 1 atom stereocenters. The molecule has 0 radical (unpaired) electrons. The summed E-state index contributed by atoms with van der Waals surface area (Å²) in [7, 11) is 0. The van der Waals surface area contributed by atoms with Gasteiger partial charge in [-0.15, -0.1) is 0 Å². The number of anilines is 2. The Hall–Kier alpha value is -2.18. The molecule has 126 valence electrons. The molecule has 2 aromatic carbocycles. The number of hydrogen-bond donors (Lipinski definition) is 2. The normalized spacial score (nSPS) is 11.6. The van der Waals surface area contributed by atoms with Crippen molar-refractivity contribution in [3.8, 4) is 0 Å². The minimum atomic E-state index is -0.495. The fourth-order valence-electron chi connectivity index (χ4n) is 2.13. The SMILES string of the molecule is CCC(C)c1ccc(NC(=S)Nc2ccc([N+](=O)[O-])cc2Cl)cc1. The molecule has 24 heavy (non-hydrogen) atoms. The van der Waals surface area contributed by atoms with Gasteiger partial charge in [0.25, 0.3) is 5.69 Å². The van der Waals surface area contributed by atoms with Crippen LogP contribution in [0.3, 0.4) is 0 Å². The van der Waals surface area contributed by atoms with Gasteiger partial charge in [-0.1, -0.05) is 37.6 Å². The lowest BCUT2D eigenvalue weighted by Gasteiger charge is -2.13. The van der Waals surface area contributed by atoms with Crippen molar-refractivity contribution in [3.05, 3.63) is 63.2 Å². The Kier molecular flexibility index (Phi) is 6.11. The molecule has 0 amide bonds. The Morgan fingerprint density at radius 3 is 2.46 bits per heavy atom. The summed E-state index contributed by atoms with van der Waals surface area (Å²) in [6.07, 6.45) is 1.09. The highest BCUT2D eigenvalue weighted by atomic mass is 35.5. The lowest BCUT2D eigenvalue weighted by molar-refractivity contribution is -0.384. The average molecular weight is 364 g/mol. The first-order valence-electron chi connectivity index (χ1n) is 7.52. The third-order valence-electron chi connectivity index (χ3n) is 3.76. The minimum absolute atomic E-state index is 0.0648. The molecule has 2 N–H and O–H groups in total. The Morgan fingerprint density at radius 1 is 1.25 bits per heavy atom. The maximum absolute atomic E-state index is 10.7. The number of rotatable bonds is 5. The summed E-state index contributed by atoms with van der Waals surface area (Å²) in [6, 6.07) is 12.3. The zero-order valence-corrected chi connectivity index (χ0v) is 14.9. The molecular formula is C17H18ClN3O2S. The zero-order valence-electron chi connectivity index (χ0n) is 13.4. The molecule has 0 saturated carbocycles. The van der Waals surface area contributed by atoms with Gasteiger partial charge in [0, 0.05) is 17.8 Å². The number of non-ortho nitro benzene ring substituents is 1. The number of nitro groups is 1. The van der Waals surface area contributed by atoms with E-state index in [1.807, 2.05) is 12.1 Å². The topological polar surface area (TPSA) is 67.2 Å². The molecule has 0 aromatic heterocycles. The quantitative estimate of drug-likeness (QED) is 0.413. The van der Waals surface area contributed by atoms with Crippen LogP contribution in [0.25, 0.3) is 0 Å². The fourth-order valence-corrected chi connectivity index (χ4v) is 2.58. The van der Waals surface area contributed by atoms with Gasteiger partial charge >= 0.3 is 0 Å². The van der Waals surface area contributed by atoms with Crippen molar-refractivity contribution in [2.24, 2.45) is 0 Å². The summed E-state index contributed by atoms with van der Waals surface area (Å²) >= 11 is 11.3. The molecule has 2 aromatic rings. The predicted molar refractivity (Wildman–Crippen MR) is 103 cm³/mol. The highest BCUT2D eigenvalue weighted by Gasteiger charge is 2.10. The maximum Gasteiger partial charge on any atom is 0.271 e. The van der Waals surface area contributed by atoms with Crippen molar-refractivity contribution >= 4 is 46.0 Å². The summed E-state index contributed by atoms with van der Waals surface area (Å²) in [5, 5.41) is 17.3. The van der Waals surface area contributed by atoms with Gasteiger partial charge in [0.05, 0.1) is 15.6 Å². The van der Waals surface area contributed by atoms with Crippen molar-refractivity contribution in [1.82, 2.24) is 0 Å². The molecule has 2 rings (SSSR count). The number of halogens is 1. The van der Waals surface area contributed by atoms with E-state index in [-0.39, 0.29) is 10.7 Å². The lowest BCUT2D eigenvalue weighted by Crippen LogP contribution is -2.19. The van der Waals surface area contributed by atoms with E-state index in [9.17, 15) is 10.1 Å². The van der Waals surface area contributed by atoms with E-state index in [0.717, 1.165) is 12.1 Å². The second-order valence-electron chi connectivity index (χ2n) is 5.43. The molecule has 0 aliphatic carbocycles. The molecule has 0 fully saturated rings. The molecule has 0 aliphatic rings. The van der Waals surface area contributed by atoms with Crippen molar-refractivity contribution in [2.45, 2.75) is 26.2 Å². The summed E-state index contributed by atoms with van der Waals surface area (Å²) in [5.41, 5.74) is 2.58. The zero-order chi connectivity index (χ0) is 17.7. The van der Waals surface area contributed by atoms with E-state index in [1.54, 1.807) is 0 Å². The van der Waals surface area contributed by atoms with Crippen LogP contribution in [0.2, 0.25) is 5.02 Å². The maximum atomic E-state index is 10.7. The first-order chi connectivity index (χ1) is 11.4. The molecule has 7 heteroatoms.